The summed E-state index contributed by atoms with van der Waals surface area (Å²) in [5, 5.41) is 14.6. The van der Waals surface area contributed by atoms with Crippen LogP contribution in [-0.4, -0.2) is 28.7 Å². The fraction of sp³-hybridized carbons (Fsp3) is 0.857. The van der Waals surface area contributed by atoms with Crippen LogP contribution in [0.2, 0.25) is 0 Å². The van der Waals surface area contributed by atoms with Crippen LogP contribution in [0.3, 0.4) is 0 Å². The summed E-state index contributed by atoms with van der Waals surface area (Å²) >= 11 is 0. The Hall–Kier alpha value is -1.26. The fourth-order valence-electron chi connectivity index (χ4n) is 2.35. The molecule has 1 saturated carbocycles. The van der Waals surface area contributed by atoms with E-state index in [0.29, 0.717) is 12.8 Å². The maximum Gasteiger partial charge on any atom is 0.329 e. The van der Waals surface area contributed by atoms with Gasteiger partial charge in [-0.3, -0.25) is 0 Å². The summed E-state index contributed by atoms with van der Waals surface area (Å²) in [6, 6.07) is -0.270. The number of aliphatic carboxylic acids is 1. The number of carboxylic acids is 1. The highest BCUT2D eigenvalue weighted by Gasteiger charge is 2.45. The Balaban J connectivity index is 2.24. The minimum atomic E-state index is -1.02. The Bertz CT molecular complexity index is 314. The van der Waals surface area contributed by atoms with Crippen molar-refractivity contribution in [2.45, 2.75) is 76.8 Å². The maximum atomic E-state index is 11.8. The van der Waals surface area contributed by atoms with Gasteiger partial charge in [-0.1, -0.05) is 32.6 Å². The summed E-state index contributed by atoms with van der Waals surface area (Å²) in [4.78, 5) is 22.9. The first-order valence-electron chi connectivity index (χ1n) is 7.32. The molecule has 0 heterocycles. The van der Waals surface area contributed by atoms with Crippen molar-refractivity contribution in [1.29, 1.82) is 0 Å². The van der Waals surface area contributed by atoms with Crippen molar-refractivity contribution in [3.63, 3.8) is 0 Å². The molecule has 1 fully saturated rings. The number of amides is 2. The van der Waals surface area contributed by atoms with Crippen molar-refractivity contribution in [1.82, 2.24) is 10.6 Å². The molecule has 1 aliphatic rings. The van der Waals surface area contributed by atoms with E-state index in [9.17, 15) is 9.59 Å². The number of hydrogen-bond acceptors (Lipinski definition) is 2. The fourth-order valence-corrected chi connectivity index (χ4v) is 2.35. The quantitative estimate of drug-likeness (QED) is 0.593. The van der Waals surface area contributed by atoms with Gasteiger partial charge in [0.2, 0.25) is 0 Å². The van der Waals surface area contributed by atoms with E-state index in [2.05, 4.69) is 17.6 Å². The molecule has 0 radical (unpaired) electrons. The lowest BCUT2D eigenvalue weighted by Gasteiger charge is -2.38. The first-order valence-corrected chi connectivity index (χ1v) is 7.32. The average Bonchev–Trinajstić information content (AvgIpc) is 2.29. The van der Waals surface area contributed by atoms with Gasteiger partial charge in [-0.15, -0.1) is 0 Å². The summed E-state index contributed by atoms with van der Waals surface area (Å²) < 4.78 is 0. The first-order chi connectivity index (χ1) is 9.00. The second-order valence-corrected chi connectivity index (χ2v) is 5.59. The largest absolute Gasteiger partial charge is 0.480 e. The third-order valence-electron chi connectivity index (χ3n) is 3.84. The Morgan fingerprint density at radius 3 is 2.42 bits per heavy atom. The molecule has 0 aromatic carbocycles. The van der Waals surface area contributed by atoms with Crippen LogP contribution in [0, 0.1) is 0 Å². The van der Waals surface area contributed by atoms with Crippen LogP contribution in [0.15, 0.2) is 0 Å². The Labute approximate surface area is 115 Å². The molecule has 0 bridgehead atoms. The van der Waals surface area contributed by atoms with Gasteiger partial charge in [-0.05, 0) is 32.6 Å². The lowest BCUT2D eigenvalue weighted by atomic mass is 9.77. The Kier molecular flexibility index (Phi) is 6.12. The highest BCUT2D eigenvalue weighted by Crippen LogP contribution is 2.31. The van der Waals surface area contributed by atoms with Crippen LogP contribution >= 0.6 is 0 Å². The number of rotatable bonds is 8. The number of urea groups is 1. The highest BCUT2D eigenvalue weighted by atomic mass is 16.4. The average molecular weight is 270 g/mol. The van der Waals surface area contributed by atoms with Gasteiger partial charge in [0, 0.05) is 6.04 Å². The van der Waals surface area contributed by atoms with Crippen LogP contribution in [0.1, 0.15) is 65.2 Å². The van der Waals surface area contributed by atoms with E-state index < -0.39 is 11.5 Å². The standard InChI is InChI=1S/C14H26N2O3/c1-3-4-5-6-8-11(2)15-13(19)16-14(12(17)18)9-7-10-14/h11H,3-10H2,1-2H3,(H,17,18)(H2,15,16,19). The Morgan fingerprint density at radius 2 is 1.95 bits per heavy atom. The lowest BCUT2D eigenvalue weighted by Crippen LogP contribution is -2.61. The molecule has 0 spiro atoms. The molecule has 0 aromatic heterocycles. The summed E-state index contributed by atoms with van der Waals surface area (Å²) in [6.07, 6.45) is 7.56. The van der Waals surface area contributed by atoms with Crippen molar-refractivity contribution >= 4 is 12.0 Å². The summed E-state index contributed by atoms with van der Waals surface area (Å²) in [7, 11) is 0. The molecular weight excluding hydrogens is 244 g/mol. The Morgan fingerprint density at radius 1 is 1.26 bits per heavy atom. The van der Waals surface area contributed by atoms with E-state index in [4.69, 9.17) is 5.11 Å². The first kappa shape index (κ1) is 15.8. The third-order valence-corrected chi connectivity index (χ3v) is 3.84. The van der Waals surface area contributed by atoms with E-state index in [0.717, 1.165) is 19.3 Å². The molecule has 1 rings (SSSR count). The van der Waals surface area contributed by atoms with Gasteiger partial charge < -0.3 is 15.7 Å². The van der Waals surface area contributed by atoms with E-state index in [1.54, 1.807) is 0 Å². The van der Waals surface area contributed by atoms with Crippen molar-refractivity contribution < 1.29 is 14.7 Å². The van der Waals surface area contributed by atoms with E-state index in [1.165, 1.54) is 19.3 Å². The van der Waals surface area contributed by atoms with Crippen molar-refractivity contribution in [3.05, 3.63) is 0 Å². The molecular formula is C14H26N2O3. The van der Waals surface area contributed by atoms with Crippen molar-refractivity contribution in [2.75, 3.05) is 0 Å². The van der Waals surface area contributed by atoms with Gasteiger partial charge in [0.15, 0.2) is 0 Å². The third kappa shape index (κ3) is 4.73. The maximum absolute atomic E-state index is 11.8. The number of unbranched alkanes of at least 4 members (excludes halogenated alkanes) is 3. The molecule has 5 heteroatoms. The zero-order chi connectivity index (χ0) is 14.3. The van der Waals surface area contributed by atoms with Gasteiger partial charge >= 0.3 is 12.0 Å². The van der Waals surface area contributed by atoms with Gasteiger partial charge in [-0.25, -0.2) is 9.59 Å². The summed E-state index contributed by atoms with van der Waals surface area (Å²) in [5.74, 6) is -0.926. The molecule has 1 aliphatic carbocycles. The predicted molar refractivity (Wildman–Crippen MR) is 74.1 cm³/mol. The van der Waals surface area contributed by atoms with Gasteiger partial charge in [-0.2, -0.15) is 0 Å². The highest BCUT2D eigenvalue weighted by molar-refractivity contribution is 5.87. The molecule has 0 aromatic rings. The minimum absolute atomic E-state index is 0.0859. The predicted octanol–water partition coefficient (Wildman–Crippen LogP) is 2.65. The smallest absolute Gasteiger partial charge is 0.329 e. The molecule has 19 heavy (non-hydrogen) atoms. The van der Waals surface area contributed by atoms with Crippen LogP contribution in [0.5, 0.6) is 0 Å². The van der Waals surface area contributed by atoms with Crippen molar-refractivity contribution in [2.24, 2.45) is 0 Å². The number of carboxylic acid groups (broad SMARTS) is 1. The molecule has 0 aliphatic heterocycles. The van der Waals surface area contributed by atoms with Gasteiger partial charge in [0.1, 0.15) is 5.54 Å². The summed E-state index contributed by atoms with van der Waals surface area (Å²) in [6.45, 7) is 4.12. The second-order valence-electron chi connectivity index (χ2n) is 5.59. The molecule has 3 N–H and O–H groups in total. The van der Waals surface area contributed by atoms with E-state index >= 15 is 0 Å². The van der Waals surface area contributed by atoms with Gasteiger partial charge in [0.25, 0.3) is 0 Å². The van der Waals surface area contributed by atoms with Gasteiger partial charge in [0.05, 0.1) is 0 Å². The van der Waals surface area contributed by atoms with Crippen LogP contribution < -0.4 is 10.6 Å². The molecule has 1 atom stereocenters. The minimum Gasteiger partial charge on any atom is -0.480 e. The normalized spacial score (nSPS) is 18.2. The number of carbonyl (C=O) groups is 2. The molecule has 2 amide bonds. The monoisotopic (exact) mass is 270 g/mol. The molecule has 110 valence electrons. The molecule has 0 saturated heterocycles. The zero-order valence-electron chi connectivity index (χ0n) is 12.0. The zero-order valence-corrected chi connectivity index (χ0v) is 12.0. The van der Waals surface area contributed by atoms with E-state index in [-0.39, 0.29) is 12.1 Å². The van der Waals surface area contributed by atoms with Crippen molar-refractivity contribution in [3.8, 4) is 0 Å². The number of hydrogen-bond donors (Lipinski definition) is 3. The van der Waals surface area contributed by atoms with Crippen LogP contribution in [0.4, 0.5) is 4.79 Å². The number of nitrogens with one attached hydrogen (secondary N) is 2. The second kappa shape index (κ2) is 7.36. The SMILES string of the molecule is CCCCCCC(C)NC(=O)NC1(C(=O)O)CCC1. The molecule has 5 nitrogen and oxygen atoms in total. The number of carbonyl (C=O) groups excluding carboxylic acids is 1. The van der Waals surface area contributed by atoms with Crippen LogP contribution in [0.25, 0.3) is 0 Å². The van der Waals surface area contributed by atoms with Crippen LogP contribution in [-0.2, 0) is 4.79 Å². The topological polar surface area (TPSA) is 78.4 Å². The van der Waals surface area contributed by atoms with E-state index in [1.807, 2.05) is 6.92 Å². The lowest BCUT2D eigenvalue weighted by molar-refractivity contribution is -0.148. The summed E-state index contributed by atoms with van der Waals surface area (Å²) in [5.41, 5.74) is -1.02. The molecule has 1 unspecified atom stereocenters.